The Morgan fingerprint density at radius 2 is 1.87 bits per heavy atom. The molecule has 0 aliphatic carbocycles. The summed E-state index contributed by atoms with van der Waals surface area (Å²) in [4.78, 5) is 0. The van der Waals surface area contributed by atoms with Gasteiger partial charge in [-0.1, -0.05) is 34.1 Å². The molecule has 0 radical (unpaired) electrons. The highest BCUT2D eigenvalue weighted by Crippen LogP contribution is 2.14. The van der Waals surface area contributed by atoms with E-state index in [1.165, 1.54) is 19.3 Å². The van der Waals surface area contributed by atoms with Crippen molar-refractivity contribution in [3.05, 3.63) is 0 Å². The molecule has 2 heteroatoms. The summed E-state index contributed by atoms with van der Waals surface area (Å²) < 4.78 is 0. The van der Waals surface area contributed by atoms with E-state index in [-0.39, 0.29) is 0 Å². The molecular weight excluding hydrogens is 186 g/mol. The van der Waals surface area contributed by atoms with E-state index < -0.39 is 0 Å². The van der Waals surface area contributed by atoms with Gasteiger partial charge >= 0.3 is 0 Å². The van der Waals surface area contributed by atoms with Crippen molar-refractivity contribution in [3.63, 3.8) is 0 Å². The molecule has 2 nitrogen and oxygen atoms in total. The van der Waals surface area contributed by atoms with Crippen LogP contribution in [0.2, 0.25) is 0 Å². The van der Waals surface area contributed by atoms with Crippen LogP contribution in [0.25, 0.3) is 0 Å². The third kappa shape index (κ3) is 10.2. The summed E-state index contributed by atoms with van der Waals surface area (Å²) in [5, 5.41) is 12.3. The van der Waals surface area contributed by atoms with Gasteiger partial charge in [-0.2, -0.15) is 0 Å². The van der Waals surface area contributed by atoms with Crippen molar-refractivity contribution in [3.8, 4) is 0 Å². The highest BCUT2D eigenvalue weighted by molar-refractivity contribution is 4.65. The van der Waals surface area contributed by atoms with Crippen molar-refractivity contribution in [2.45, 2.75) is 53.4 Å². The minimum absolute atomic E-state index is 0.341. The summed E-state index contributed by atoms with van der Waals surface area (Å²) in [7, 11) is 0. The van der Waals surface area contributed by atoms with E-state index in [0.29, 0.717) is 17.9 Å². The first-order chi connectivity index (χ1) is 6.99. The van der Waals surface area contributed by atoms with Gasteiger partial charge < -0.3 is 10.4 Å². The topological polar surface area (TPSA) is 32.3 Å². The molecule has 0 fully saturated rings. The number of aliphatic hydroxyl groups is 1. The highest BCUT2D eigenvalue weighted by Gasteiger charge is 2.09. The second-order valence-corrected chi connectivity index (χ2v) is 5.67. The average Bonchev–Trinajstić information content (AvgIpc) is 2.14. The van der Waals surface area contributed by atoms with Crippen LogP contribution in [0.4, 0.5) is 0 Å². The Hall–Kier alpha value is -0.0800. The first-order valence-corrected chi connectivity index (χ1v) is 6.31. The molecule has 0 spiro atoms. The SMILES string of the molecule is CC[C@@H](CCO)CCCNCC(C)(C)C. The van der Waals surface area contributed by atoms with Gasteiger partial charge in [-0.25, -0.2) is 0 Å². The third-order valence-electron chi connectivity index (χ3n) is 2.74. The van der Waals surface area contributed by atoms with E-state index in [1.807, 2.05) is 0 Å². The fourth-order valence-electron chi connectivity index (χ4n) is 1.71. The number of aliphatic hydroxyl groups excluding tert-OH is 1. The molecule has 0 bridgehead atoms. The molecule has 0 rings (SSSR count). The monoisotopic (exact) mass is 215 g/mol. The number of hydrogen-bond donors (Lipinski definition) is 2. The van der Waals surface area contributed by atoms with Crippen molar-refractivity contribution < 1.29 is 5.11 Å². The zero-order chi connectivity index (χ0) is 11.7. The van der Waals surface area contributed by atoms with Gasteiger partial charge in [0.1, 0.15) is 0 Å². The van der Waals surface area contributed by atoms with Gasteiger partial charge in [0.05, 0.1) is 0 Å². The Bertz CT molecular complexity index is 140. The number of rotatable bonds is 8. The van der Waals surface area contributed by atoms with E-state index in [1.54, 1.807) is 0 Å². The van der Waals surface area contributed by atoms with Crippen molar-refractivity contribution in [2.75, 3.05) is 19.7 Å². The van der Waals surface area contributed by atoms with Crippen LogP contribution in [0.5, 0.6) is 0 Å². The zero-order valence-corrected chi connectivity index (χ0v) is 11.0. The van der Waals surface area contributed by atoms with Crippen LogP contribution in [0.15, 0.2) is 0 Å². The first-order valence-electron chi connectivity index (χ1n) is 6.31. The summed E-state index contributed by atoms with van der Waals surface area (Å²) >= 11 is 0. The van der Waals surface area contributed by atoms with Crippen molar-refractivity contribution >= 4 is 0 Å². The van der Waals surface area contributed by atoms with Crippen LogP contribution >= 0.6 is 0 Å². The summed E-state index contributed by atoms with van der Waals surface area (Å²) in [6.45, 7) is 11.5. The third-order valence-corrected chi connectivity index (χ3v) is 2.74. The van der Waals surface area contributed by atoms with Gasteiger partial charge in [0.2, 0.25) is 0 Å². The molecule has 0 saturated carbocycles. The largest absolute Gasteiger partial charge is 0.396 e. The molecule has 0 saturated heterocycles. The van der Waals surface area contributed by atoms with Crippen LogP contribution in [0.1, 0.15) is 53.4 Å². The minimum atomic E-state index is 0.341. The van der Waals surface area contributed by atoms with Gasteiger partial charge in [0.25, 0.3) is 0 Å². The van der Waals surface area contributed by atoms with Crippen LogP contribution in [-0.2, 0) is 0 Å². The van der Waals surface area contributed by atoms with E-state index in [0.717, 1.165) is 19.5 Å². The molecule has 0 heterocycles. The van der Waals surface area contributed by atoms with Crippen LogP contribution in [-0.4, -0.2) is 24.8 Å². The number of hydrogen-bond acceptors (Lipinski definition) is 2. The molecule has 15 heavy (non-hydrogen) atoms. The Balaban J connectivity index is 3.36. The first kappa shape index (κ1) is 14.9. The van der Waals surface area contributed by atoms with Crippen molar-refractivity contribution in [1.82, 2.24) is 5.32 Å². The standard InChI is InChI=1S/C13H29NO/c1-5-12(8-10-15)7-6-9-14-11-13(2,3)4/h12,14-15H,5-11H2,1-4H3/t12-/m1/s1. The summed E-state index contributed by atoms with van der Waals surface area (Å²) in [5.74, 6) is 0.714. The van der Waals surface area contributed by atoms with Crippen LogP contribution < -0.4 is 5.32 Å². The molecule has 0 aliphatic heterocycles. The lowest BCUT2D eigenvalue weighted by Crippen LogP contribution is -2.27. The second kappa shape index (κ2) is 8.12. The summed E-state index contributed by atoms with van der Waals surface area (Å²) in [6, 6.07) is 0. The molecule has 92 valence electrons. The number of nitrogens with one attached hydrogen (secondary N) is 1. The molecule has 0 aliphatic rings. The van der Waals surface area contributed by atoms with Gasteiger partial charge in [-0.3, -0.25) is 0 Å². The van der Waals surface area contributed by atoms with E-state index in [4.69, 9.17) is 5.11 Å². The van der Waals surface area contributed by atoms with Gasteiger partial charge in [0, 0.05) is 6.61 Å². The van der Waals surface area contributed by atoms with Crippen molar-refractivity contribution in [2.24, 2.45) is 11.3 Å². The Labute approximate surface area is 95.5 Å². The maximum Gasteiger partial charge on any atom is 0.0433 e. The molecule has 0 aromatic carbocycles. The molecular formula is C13H29NO. The van der Waals surface area contributed by atoms with Gasteiger partial charge in [0.15, 0.2) is 0 Å². The molecule has 0 amide bonds. The normalized spacial score (nSPS) is 14.2. The van der Waals surface area contributed by atoms with Crippen LogP contribution in [0, 0.1) is 11.3 Å². The fourth-order valence-corrected chi connectivity index (χ4v) is 1.71. The lowest BCUT2D eigenvalue weighted by molar-refractivity contribution is 0.247. The van der Waals surface area contributed by atoms with E-state index in [9.17, 15) is 0 Å². The molecule has 1 atom stereocenters. The zero-order valence-electron chi connectivity index (χ0n) is 11.0. The average molecular weight is 215 g/mol. The smallest absolute Gasteiger partial charge is 0.0433 e. The maximum atomic E-state index is 8.86. The lowest BCUT2D eigenvalue weighted by atomic mass is 9.96. The van der Waals surface area contributed by atoms with Gasteiger partial charge in [-0.15, -0.1) is 0 Å². The van der Waals surface area contributed by atoms with Gasteiger partial charge in [-0.05, 0) is 43.7 Å². The minimum Gasteiger partial charge on any atom is -0.396 e. The summed E-state index contributed by atoms with van der Waals surface area (Å²) in [5.41, 5.74) is 0.384. The fraction of sp³-hybridized carbons (Fsp3) is 1.00. The van der Waals surface area contributed by atoms with E-state index >= 15 is 0 Å². The van der Waals surface area contributed by atoms with Crippen LogP contribution in [0.3, 0.4) is 0 Å². The Kier molecular flexibility index (Phi) is 8.07. The maximum absolute atomic E-state index is 8.86. The van der Waals surface area contributed by atoms with Crippen molar-refractivity contribution in [1.29, 1.82) is 0 Å². The highest BCUT2D eigenvalue weighted by atomic mass is 16.3. The molecule has 0 aromatic rings. The molecule has 2 N–H and O–H groups in total. The molecule has 0 aromatic heterocycles. The Morgan fingerprint density at radius 1 is 1.20 bits per heavy atom. The quantitative estimate of drug-likeness (QED) is 0.610. The van der Waals surface area contributed by atoms with E-state index in [2.05, 4.69) is 33.0 Å². The Morgan fingerprint density at radius 3 is 2.33 bits per heavy atom. The lowest BCUT2D eigenvalue weighted by Gasteiger charge is -2.19. The summed E-state index contributed by atoms with van der Waals surface area (Å²) in [6.07, 6.45) is 4.64. The predicted molar refractivity (Wildman–Crippen MR) is 67.0 cm³/mol. The molecule has 0 unspecified atom stereocenters. The second-order valence-electron chi connectivity index (χ2n) is 5.67. The predicted octanol–water partition coefficient (Wildman–Crippen LogP) is 2.81.